The van der Waals surface area contributed by atoms with E-state index in [0.29, 0.717) is 18.4 Å². The zero-order valence-corrected chi connectivity index (χ0v) is 12.8. The molecule has 4 nitrogen and oxygen atoms in total. The Morgan fingerprint density at radius 3 is 2.32 bits per heavy atom. The first-order valence-electron chi connectivity index (χ1n) is 7.37. The van der Waals surface area contributed by atoms with Crippen LogP contribution in [-0.2, 0) is 11.6 Å². The van der Waals surface area contributed by atoms with Gasteiger partial charge in [0.25, 0.3) is 0 Å². The third kappa shape index (κ3) is 3.51. The van der Waals surface area contributed by atoms with E-state index in [2.05, 4.69) is 4.98 Å². The molecule has 2 aromatic rings. The Bertz CT molecular complexity index is 770. The van der Waals surface area contributed by atoms with Crippen LogP contribution in [0.5, 0.6) is 5.75 Å². The molecular weight excluding hydrogens is 345 g/mol. The summed E-state index contributed by atoms with van der Waals surface area (Å²) in [5.41, 5.74) is 0.428. The highest BCUT2D eigenvalue weighted by Gasteiger charge is 2.46. The molecule has 0 atom stereocenters. The van der Waals surface area contributed by atoms with E-state index in [0.717, 1.165) is 18.3 Å². The van der Waals surface area contributed by atoms with Crippen molar-refractivity contribution in [1.29, 1.82) is 0 Å². The van der Waals surface area contributed by atoms with Gasteiger partial charge in [0.15, 0.2) is 5.82 Å². The zero-order chi connectivity index (χ0) is 18.2. The molecule has 0 aliphatic heterocycles. The fourth-order valence-corrected chi connectivity index (χ4v) is 2.69. The van der Waals surface area contributed by atoms with Gasteiger partial charge in [-0.2, -0.15) is 13.2 Å². The first-order valence-corrected chi connectivity index (χ1v) is 7.37. The molecule has 1 heterocycles. The number of nitrogens with zero attached hydrogens (tertiary/aromatic N) is 1. The summed E-state index contributed by atoms with van der Waals surface area (Å²) in [6, 6.07) is 4.16. The van der Waals surface area contributed by atoms with Crippen molar-refractivity contribution in [2.45, 2.75) is 24.4 Å². The Labute approximate surface area is 139 Å². The summed E-state index contributed by atoms with van der Waals surface area (Å²) in [5, 5.41) is 0. The highest BCUT2D eigenvalue weighted by Crippen LogP contribution is 2.49. The third-order valence-corrected chi connectivity index (χ3v) is 4.17. The van der Waals surface area contributed by atoms with Gasteiger partial charge in [0, 0.05) is 17.7 Å². The Kier molecular flexibility index (Phi) is 4.28. The number of rotatable bonds is 5. The first-order chi connectivity index (χ1) is 11.7. The summed E-state index contributed by atoms with van der Waals surface area (Å²) < 4.78 is 71.9. The number of nitrogen functional groups attached to an aromatic ring is 1. The minimum Gasteiger partial charge on any atom is -0.492 e. The molecule has 0 amide bonds. The molecule has 3 rings (SSSR count). The summed E-state index contributed by atoms with van der Waals surface area (Å²) >= 11 is 0. The maximum atomic E-state index is 13.4. The van der Waals surface area contributed by atoms with Gasteiger partial charge in [-0.1, -0.05) is 0 Å². The van der Waals surface area contributed by atoms with Crippen LogP contribution in [0.1, 0.15) is 24.0 Å². The molecular formula is C16H14F5N3O. The van der Waals surface area contributed by atoms with E-state index in [4.69, 9.17) is 10.6 Å². The van der Waals surface area contributed by atoms with Crippen LogP contribution in [0.25, 0.3) is 0 Å². The number of hydrogen-bond acceptors (Lipinski definition) is 4. The van der Waals surface area contributed by atoms with Gasteiger partial charge in [-0.15, -0.1) is 0 Å². The predicted octanol–water partition coefficient (Wildman–Crippen LogP) is 3.77. The number of nitrogens with one attached hydrogen (secondary N) is 1. The number of benzene rings is 1. The highest BCUT2D eigenvalue weighted by atomic mass is 19.4. The normalized spacial score (nSPS) is 15.8. The molecule has 9 heteroatoms. The molecule has 134 valence electrons. The van der Waals surface area contributed by atoms with Crippen molar-refractivity contribution >= 4 is 5.82 Å². The first kappa shape index (κ1) is 17.4. The lowest BCUT2D eigenvalue weighted by atomic mass is 9.96. The number of pyridine rings is 1. The van der Waals surface area contributed by atoms with Gasteiger partial charge in [0.2, 0.25) is 0 Å². The van der Waals surface area contributed by atoms with Gasteiger partial charge in [-0.25, -0.2) is 19.6 Å². The Morgan fingerprint density at radius 2 is 1.80 bits per heavy atom. The van der Waals surface area contributed by atoms with Crippen molar-refractivity contribution in [3.05, 3.63) is 53.2 Å². The van der Waals surface area contributed by atoms with Crippen molar-refractivity contribution in [1.82, 2.24) is 4.98 Å². The second-order valence-corrected chi connectivity index (χ2v) is 5.90. The van der Waals surface area contributed by atoms with Gasteiger partial charge in [-0.3, -0.25) is 0 Å². The minimum atomic E-state index is -4.73. The number of anilines is 1. The number of hydrazine groups is 1. The molecule has 0 bridgehead atoms. The lowest BCUT2D eigenvalue weighted by molar-refractivity contribution is -0.138. The fraction of sp³-hybridized carbons (Fsp3) is 0.312. The van der Waals surface area contributed by atoms with Crippen LogP contribution in [0.2, 0.25) is 0 Å². The fourth-order valence-electron chi connectivity index (χ4n) is 2.69. The molecule has 1 aliphatic carbocycles. The largest absolute Gasteiger partial charge is 0.492 e. The predicted molar refractivity (Wildman–Crippen MR) is 79.8 cm³/mol. The summed E-state index contributed by atoms with van der Waals surface area (Å²) in [5.74, 6) is 2.59. The average Bonchev–Trinajstić information content (AvgIpc) is 3.32. The monoisotopic (exact) mass is 359 g/mol. The molecule has 1 aromatic heterocycles. The molecule has 1 aromatic carbocycles. The van der Waals surface area contributed by atoms with Crippen LogP contribution >= 0.6 is 0 Å². The number of alkyl halides is 3. The van der Waals surface area contributed by atoms with E-state index in [1.807, 2.05) is 5.43 Å². The second-order valence-electron chi connectivity index (χ2n) is 5.90. The van der Waals surface area contributed by atoms with Crippen LogP contribution in [0.15, 0.2) is 30.5 Å². The number of aromatic nitrogens is 1. The topological polar surface area (TPSA) is 60.2 Å². The van der Waals surface area contributed by atoms with E-state index in [-0.39, 0.29) is 6.61 Å². The van der Waals surface area contributed by atoms with Gasteiger partial charge in [-0.05, 0) is 36.6 Å². The standard InChI is InChI=1S/C16H14F5N3O/c17-10-5-9(6-11(18)7-10)15(2-3-15)8-25-12-1-4-23-14(24-22)13(12)16(19,20)21/h1,4-7H,2-3,8,22H2,(H,23,24). The molecule has 1 aliphatic rings. The molecule has 0 unspecified atom stereocenters. The molecule has 1 fully saturated rings. The zero-order valence-electron chi connectivity index (χ0n) is 12.8. The Hall–Kier alpha value is -2.42. The molecule has 1 saturated carbocycles. The van der Waals surface area contributed by atoms with Gasteiger partial charge < -0.3 is 10.2 Å². The SMILES string of the molecule is NNc1nccc(OCC2(c3cc(F)cc(F)c3)CC2)c1C(F)(F)F. The highest BCUT2D eigenvalue weighted by molar-refractivity contribution is 5.53. The summed E-state index contributed by atoms with van der Waals surface area (Å²) in [6.07, 6.45) is -2.48. The smallest absolute Gasteiger partial charge is 0.423 e. The number of hydrogen-bond donors (Lipinski definition) is 2. The number of halogens is 5. The molecule has 25 heavy (non-hydrogen) atoms. The Balaban J connectivity index is 1.87. The summed E-state index contributed by atoms with van der Waals surface area (Å²) in [7, 11) is 0. The number of ether oxygens (including phenoxy) is 1. The van der Waals surface area contributed by atoms with Crippen molar-refractivity contribution in [2.75, 3.05) is 12.0 Å². The maximum absolute atomic E-state index is 13.4. The van der Waals surface area contributed by atoms with E-state index in [1.54, 1.807) is 0 Å². The number of nitrogens with two attached hydrogens (primary N) is 1. The van der Waals surface area contributed by atoms with Crippen molar-refractivity contribution in [3.8, 4) is 5.75 Å². The van der Waals surface area contributed by atoms with Crippen molar-refractivity contribution in [3.63, 3.8) is 0 Å². The minimum absolute atomic E-state index is 0.146. The van der Waals surface area contributed by atoms with Crippen LogP contribution in [0, 0.1) is 11.6 Å². The van der Waals surface area contributed by atoms with Crippen LogP contribution in [0.4, 0.5) is 27.8 Å². The Morgan fingerprint density at radius 1 is 1.16 bits per heavy atom. The average molecular weight is 359 g/mol. The molecule has 3 N–H and O–H groups in total. The van der Waals surface area contributed by atoms with E-state index in [1.165, 1.54) is 12.1 Å². The molecule has 0 spiro atoms. The van der Waals surface area contributed by atoms with E-state index >= 15 is 0 Å². The van der Waals surface area contributed by atoms with Gasteiger partial charge in [0.05, 0.1) is 6.61 Å². The molecule has 0 saturated heterocycles. The quantitative estimate of drug-likeness (QED) is 0.485. The van der Waals surface area contributed by atoms with Crippen molar-refractivity contribution < 1.29 is 26.7 Å². The lowest BCUT2D eigenvalue weighted by Gasteiger charge is -2.20. The van der Waals surface area contributed by atoms with Crippen LogP contribution in [-0.4, -0.2) is 11.6 Å². The maximum Gasteiger partial charge on any atom is 0.423 e. The second kappa shape index (κ2) is 6.14. The van der Waals surface area contributed by atoms with Crippen molar-refractivity contribution in [2.24, 2.45) is 5.84 Å². The van der Waals surface area contributed by atoms with E-state index < -0.39 is 40.4 Å². The summed E-state index contributed by atoms with van der Waals surface area (Å²) in [6.45, 7) is -0.146. The third-order valence-electron chi connectivity index (χ3n) is 4.17. The van der Waals surface area contributed by atoms with E-state index in [9.17, 15) is 22.0 Å². The van der Waals surface area contributed by atoms with Crippen LogP contribution in [0.3, 0.4) is 0 Å². The van der Waals surface area contributed by atoms with Gasteiger partial charge in [0.1, 0.15) is 22.9 Å². The van der Waals surface area contributed by atoms with Gasteiger partial charge >= 0.3 is 6.18 Å². The lowest BCUT2D eigenvalue weighted by Crippen LogP contribution is -2.22. The molecule has 0 radical (unpaired) electrons. The summed E-state index contributed by atoms with van der Waals surface area (Å²) in [4.78, 5) is 3.53. The van der Waals surface area contributed by atoms with Crippen LogP contribution < -0.4 is 16.0 Å².